The predicted molar refractivity (Wildman–Crippen MR) is 109 cm³/mol. The molecule has 0 aromatic heterocycles. The molecule has 2 unspecified atom stereocenters. The first-order chi connectivity index (χ1) is 12.1. The number of carbonyl (C=O) groups excluding carboxylic acids is 2. The molecule has 1 amide bonds. The van der Waals surface area contributed by atoms with Crippen LogP contribution >= 0.6 is 24.8 Å². The molecule has 1 aliphatic carbocycles. The smallest absolute Gasteiger partial charge is 0.340 e. The first-order valence-corrected chi connectivity index (χ1v) is 8.70. The first kappa shape index (κ1) is 23.5. The second kappa shape index (κ2) is 10.7. The molecule has 1 saturated heterocycles. The lowest BCUT2D eigenvalue weighted by Crippen LogP contribution is -2.36. The van der Waals surface area contributed by atoms with Crippen molar-refractivity contribution in [1.82, 2.24) is 0 Å². The number of methoxy groups -OCH3 is 1. The highest BCUT2D eigenvalue weighted by Gasteiger charge is 2.28. The number of carbonyl (C=O) groups is 2. The number of amides is 1. The molecule has 0 spiro atoms. The van der Waals surface area contributed by atoms with E-state index in [1.165, 1.54) is 7.11 Å². The van der Waals surface area contributed by atoms with Crippen LogP contribution in [0.15, 0.2) is 18.2 Å². The maximum absolute atomic E-state index is 12.5. The summed E-state index contributed by atoms with van der Waals surface area (Å²) >= 11 is 0. The Morgan fingerprint density at radius 1 is 1.22 bits per heavy atom. The molecule has 0 bridgehead atoms. The monoisotopic (exact) mass is 419 g/mol. The highest BCUT2D eigenvalue weighted by atomic mass is 35.5. The lowest BCUT2D eigenvalue weighted by atomic mass is 10.1. The summed E-state index contributed by atoms with van der Waals surface area (Å²) < 4.78 is 10.3. The van der Waals surface area contributed by atoms with Crippen LogP contribution in [0.2, 0.25) is 0 Å². The van der Waals surface area contributed by atoms with E-state index in [0.29, 0.717) is 30.9 Å². The second-order valence-electron chi connectivity index (χ2n) is 6.58. The van der Waals surface area contributed by atoms with Crippen LogP contribution < -0.4 is 16.0 Å². The van der Waals surface area contributed by atoms with Crippen molar-refractivity contribution in [1.29, 1.82) is 0 Å². The third-order valence-corrected chi connectivity index (χ3v) is 4.89. The largest absolute Gasteiger partial charge is 0.465 e. The number of benzene rings is 1. The molecule has 1 aliphatic heterocycles. The van der Waals surface area contributed by atoms with Crippen molar-refractivity contribution in [2.75, 3.05) is 43.6 Å². The molecule has 1 aromatic rings. The van der Waals surface area contributed by atoms with E-state index in [9.17, 15) is 9.59 Å². The van der Waals surface area contributed by atoms with Crippen LogP contribution in [0, 0.1) is 5.92 Å². The number of anilines is 2. The van der Waals surface area contributed by atoms with Gasteiger partial charge in [-0.15, -0.1) is 24.8 Å². The number of esters is 1. The standard InChI is InChI=1S/C18H25N3O4.2ClH/c1-24-18(23)15-11-14(21-6-8-25-9-7-21)4-5-16(15)20-17(22)12-2-3-13(19)10-12;;/h4-5,11-13H,2-3,6-10,19H2,1H3,(H,20,22);2*1H. The number of hydrogen-bond donors (Lipinski definition) is 2. The third-order valence-electron chi connectivity index (χ3n) is 4.89. The minimum Gasteiger partial charge on any atom is -0.465 e. The fourth-order valence-corrected chi connectivity index (χ4v) is 3.43. The van der Waals surface area contributed by atoms with Crippen molar-refractivity contribution in [3.05, 3.63) is 23.8 Å². The van der Waals surface area contributed by atoms with E-state index in [4.69, 9.17) is 15.2 Å². The van der Waals surface area contributed by atoms with Gasteiger partial charge in [-0.2, -0.15) is 0 Å². The Kier molecular flexibility index (Phi) is 9.32. The van der Waals surface area contributed by atoms with Crippen LogP contribution in [0.3, 0.4) is 0 Å². The van der Waals surface area contributed by atoms with Crippen molar-refractivity contribution in [2.45, 2.75) is 25.3 Å². The molecule has 27 heavy (non-hydrogen) atoms. The molecular formula is C18H27Cl2N3O4. The Balaban J connectivity index is 0.00000182. The van der Waals surface area contributed by atoms with Crippen molar-refractivity contribution in [3.63, 3.8) is 0 Å². The molecule has 1 aromatic carbocycles. The zero-order valence-corrected chi connectivity index (χ0v) is 16.9. The Hall–Kier alpha value is -1.54. The molecule has 7 nitrogen and oxygen atoms in total. The third kappa shape index (κ3) is 5.72. The van der Waals surface area contributed by atoms with Gasteiger partial charge in [0.05, 0.1) is 31.6 Å². The number of nitrogens with one attached hydrogen (secondary N) is 1. The van der Waals surface area contributed by atoms with Gasteiger partial charge in [-0.3, -0.25) is 4.79 Å². The highest BCUT2D eigenvalue weighted by molar-refractivity contribution is 6.02. The Labute approximate surface area is 171 Å². The van der Waals surface area contributed by atoms with Gasteiger partial charge in [0.25, 0.3) is 0 Å². The molecule has 2 atom stereocenters. The molecule has 152 valence electrons. The summed E-state index contributed by atoms with van der Waals surface area (Å²) in [6.45, 7) is 2.86. The molecule has 3 rings (SSSR count). The molecule has 3 N–H and O–H groups in total. The Bertz CT molecular complexity index is 653. The van der Waals surface area contributed by atoms with Crippen LogP contribution in [0.5, 0.6) is 0 Å². The molecule has 1 heterocycles. The van der Waals surface area contributed by atoms with E-state index < -0.39 is 5.97 Å². The molecular weight excluding hydrogens is 393 g/mol. The number of hydrogen-bond acceptors (Lipinski definition) is 6. The fraction of sp³-hybridized carbons (Fsp3) is 0.556. The predicted octanol–water partition coefficient (Wildman–Crippen LogP) is 2.22. The topological polar surface area (TPSA) is 93.9 Å². The maximum atomic E-state index is 12.5. The average molecular weight is 420 g/mol. The fourth-order valence-electron chi connectivity index (χ4n) is 3.43. The minimum atomic E-state index is -0.464. The van der Waals surface area contributed by atoms with Crippen LogP contribution in [0.4, 0.5) is 11.4 Å². The van der Waals surface area contributed by atoms with Gasteiger partial charge in [0.1, 0.15) is 0 Å². The van der Waals surface area contributed by atoms with Gasteiger partial charge in [-0.05, 0) is 37.5 Å². The minimum absolute atomic E-state index is 0. The van der Waals surface area contributed by atoms with Gasteiger partial charge in [0, 0.05) is 30.7 Å². The summed E-state index contributed by atoms with van der Waals surface area (Å²) in [6.07, 6.45) is 2.33. The summed E-state index contributed by atoms with van der Waals surface area (Å²) in [6, 6.07) is 5.53. The van der Waals surface area contributed by atoms with E-state index in [-0.39, 0.29) is 42.7 Å². The van der Waals surface area contributed by atoms with Crippen molar-refractivity contribution in [3.8, 4) is 0 Å². The van der Waals surface area contributed by atoms with E-state index >= 15 is 0 Å². The van der Waals surface area contributed by atoms with Gasteiger partial charge in [-0.25, -0.2) is 4.79 Å². The van der Waals surface area contributed by atoms with Crippen LogP contribution in [0.1, 0.15) is 29.6 Å². The average Bonchev–Trinajstić information content (AvgIpc) is 3.08. The molecule has 0 radical (unpaired) electrons. The van der Waals surface area contributed by atoms with Crippen LogP contribution in [0.25, 0.3) is 0 Å². The number of rotatable bonds is 4. The van der Waals surface area contributed by atoms with E-state index in [1.54, 1.807) is 12.1 Å². The first-order valence-electron chi connectivity index (χ1n) is 8.70. The molecule has 2 fully saturated rings. The van der Waals surface area contributed by atoms with Crippen molar-refractivity contribution >= 4 is 48.1 Å². The van der Waals surface area contributed by atoms with E-state index in [0.717, 1.165) is 31.6 Å². The zero-order valence-electron chi connectivity index (χ0n) is 15.3. The zero-order chi connectivity index (χ0) is 17.8. The molecule has 9 heteroatoms. The molecule has 2 aliphatic rings. The quantitative estimate of drug-likeness (QED) is 0.726. The summed E-state index contributed by atoms with van der Waals surface area (Å²) in [7, 11) is 1.34. The number of morpholine rings is 1. The summed E-state index contributed by atoms with van der Waals surface area (Å²) in [5.74, 6) is -0.648. The van der Waals surface area contributed by atoms with Crippen LogP contribution in [-0.2, 0) is 14.3 Å². The van der Waals surface area contributed by atoms with Gasteiger partial charge in [0.15, 0.2) is 0 Å². The number of nitrogens with two attached hydrogens (primary N) is 1. The number of ether oxygens (including phenoxy) is 2. The van der Waals surface area contributed by atoms with E-state index in [1.807, 2.05) is 6.07 Å². The van der Waals surface area contributed by atoms with Crippen LogP contribution in [-0.4, -0.2) is 51.3 Å². The van der Waals surface area contributed by atoms with E-state index in [2.05, 4.69) is 10.2 Å². The lowest BCUT2D eigenvalue weighted by Gasteiger charge is -2.29. The maximum Gasteiger partial charge on any atom is 0.340 e. The Morgan fingerprint density at radius 2 is 1.93 bits per heavy atom. The van der Waals surface area contributed by atoms with Gasteiger partial charge in [-0.1, -0.05) is 0 Å². The van der Waals surface area contributed by atoms with Gasteiger partial charge < -0.3 is 25.4 Å². The highest BCUT2D eigenvalue weighted by Crippen LogP contribution is 2.28. The summed E-state index contributed by atoms with van der Waals surface area (Å²) in [5, 5.41) is 2.88. The summed E-state index contributed by atoms with van der Waals surface area (Å²) in [5.41, 5.74) is 7.65. The second-order valence-corrected chi connectivity index (χ2v) is 6.58. The van der Waals surface area contributed by atoms with Gasteiger partial charge in [0.2, 0.25) is 5.91 Å². The number of nitrogens with zero attached hydrogens (tertiary/aromatic N) is 1. The van der Waals surface area contributed by atoms with Crippen molar-refractivity contribution in [2.24, 2.45) is 11.7 Å². The van der Waals surface area contributed by atoms with Gasteiger partial charge >= 0.3 is 5.97 Å². The normalized spacial score (nSPS) is 21.6. The lowest BCUT2D eigenvalue weighted by molar-refractivity contribution is -0.119. The Morgan fingerprint density at radius 3 is 2.52 bits per heavy atom. The molecule has 1 saturated carbocycles. The SMILES string of the molecule is COC(=O)c1cc(N2CCOCC2)ccc1NC(=O)C1CCC(N)C1.Cl.Cl. The number of halogens is 2. The summed E-state index contributed by atoms with van der Waals surface area (Å²) in [4.78, 5) is 26.8. The van der Waals surface area contributed by atoms with Crippen molar-refractivity contribution < 1.29 is 19.1 Å².